The van der Waals surface area contributed by atoms with Crippen LogP contribution in [0.2, 0.25) is 0 Å². The first-order valence-electron chi connectivity index (χ1n) is 6.41. The second kappa shape index (κ2) is 5.08. The average molecular weight is 284 g/mol. The van der Waals surface area contributed by atoms with Crippen molar-refractivity contribution in [3.05, 3.63) is 23.7 Å². The number of rotatable bonds is 1. The Balaban J connectivity index is 2.39. The number of urea groups is 1. The number of ether oxygens (including phenoxy) is 1. The lowest BCUT2D eigenvalue weighted by molar-refractivity contribution is -0.149. The monoisotopic (exact) mass is 284 g/mol. The van der Waals surface area contributed by atoms with Crippen molar-refractivity contribution in [2.24, 2.45) is 0 Å². The molecule has 112 valence electrons. The van der Waals surface area contributed by atoms with Gasteiger partial charge in [0.25, 0.3) is 0 Å². The predicted molar refractivity (Wildman–Crippen MR) is 70.7 cm³/mol. The molecular formula is C13H20N2O5. The molecule has 4 atom stereocenters. The van der Waals surface area contributed by atoms with Crippen molar-refractivity contribution < 1.29 is 24.9 Å². The van der Waals surface area contributed by atoms with E-state index in [4.69, 9.17) is 4.74 Å². The summed E-state index contributed by atoms with van der Waals surface area (Å²) in [4.78, 5) is 14.2. The van der Waals surface area contributed by atoms with Gasteiger partial charge in [-0.1, -0.05) is 6.58 Å². The molecule has 0 aromatic rings. The summed E-state index contributed by atoms with van der Waals surface area (Å²) in [5.41, 5.74) is 0.541. The Morgan fingerprint density at radius 1 is 1.25 bits per heavy atom. The standard InChI is InChI=1S/C13H20N2O5/c1-6-10(12(18)15(4)13(19)14(6)3)11-9(17)5-8(16)7(2)20-11/h7-9,11,16-18H,1,5H2,2-4H3/t7-,8+,9+,11?/m0/s1. The second-order valence-corrected chi connectivity index (χ2v) is 5.22. The van der Waals surface area contributed by atoms with Crippen molar-refractivity contribution in [3.63, 3.8) is 0 Å². The van der Waals surface area contributed by atoms with Gasteiger partial charge in [-0.05, 0) is 6.92 Å². The van der Waals surface area contributed by atoms with E-state index in [1.165, 1.54) is 19.0 Å². The zero-order valence-electron chi connectivity index (χ0n) is 11.8. The van der Waals surface area contributed by atoms with Gasteiger partial charge in [0.1, 0.15) is 6.10 Å². The lowest BCUT2D eigenvalue weighted by Crippen LogP contribution is -2.51. The fourth-order valence-electron chi connectivity index (χ4n) is 2.45. The molecule has 7 nitrogen and oxygen atoms in total. The van der Waals surface area contributed by atoms with Gasteiger partial charge in [-0.3, -0.25) is 9.80 Å². The van der Waals surface area contributed by atoms with Gasteiger partial charge < -0.3 is 20.1 Å². The van der Waals surface area contributed by atoms with E-state index >= 15 is 0 Å². The van der Waals surface area contributed by atoms with Crippen LogP contribution in [0.1, 0.15) is 13.3 Å². The Hall–Kier alpha value is -1.57. The molecule has 0 saturated carbocycles. The first-order valence-corrected chi connectivity index (χ1v) is 6.41. The smallest absolute Gasteiger partial charge is 0.330 e. The zero-order valence-corrected chi connectivity index (χ0v) is 11.8. The minimum absolute atomic E-state index is 0.136. The van der Waals surface area contributed by atoms with Crippen molar-refractivity contribution in [1.82, 2.24) is 9.80 Å². The lowest BCUT2D eigenvalue weighted by Gasteiger charge is -2.41. The molecule has 0 aromatic carbocycles. The molecule has 0 aliphatic carbocycles. The van der Waals surface area contributed by atoms with E-state index in [9.17, 15) is 20.1 Å². The van der Waals surface area contributed by atoms with E-state index in [1.54, 1.807) is 6.92 Å². The number of hydrogen-bond acceptors (Lipinski definition) is 5. The van der Waals surface area contributed by atoms with Gasteiger partial charge in [0.05, 0.1) is 23.9 Å². The van der Waals surface area contributed by atoms with Crippen LogP contribution < -0.4 is 0 Å². The molecule has 1 saturated heterocycles. The van der Waals surface area contributed by atoms with Crippen LogP contribution in [-0.2, 0) is 4.74 Å². The van der Waals surface area contributed by atoms with Crippen LogP contribution in [0.3, 0.4) is 0 Å². The number of hydrogen-bond donors (Lipinski definition) is 3. The van der Waals surface area contributed by atoms with Crippen LogP contribution in [0.15, 0.2) is 23.7 Å². The van der Waals surface area contributed by atoms with E-state index in [0.29, 0.717) is 0 Å². The summed E-state index contributed by atoms with van der Waals surface area (Å²) in [6, 6.07) is -0.422. The summed E-state index contributed by atoms with van der Waals surface area (Å²) in [7, 11) is 2.95. The topological polar surface area (TPSA) is 93.5 Å². The van der Waals surface area contributed by atoms with Crippen LogP contribution in [0, 0.1) is 0 Å². The van der Waals surface area contributed by atoms with Crippen LogP contribution >= 0.6 is 0 Å². The summed E-state index contributed by atoms with van der Waals surface area (Å²) in [6.45, 7) is 5.46. The van der Waals surface area contributed by atoms with Crippen LogP contribution in [0.25, 0.3) is 0 Å². The maximum Gasteiger partial charge on any atom is 0.330 e. The van der Waals surface area contributed by atoms with E-state index in [0.717, 1.165) is 4.90 Å². The van der Waals surface area contributed by atoms with E-state index in [1.807, 2.05) is 0 Å². The SMILES string of the molecule is C=C1C(C2O[C@@H](C)[C@H](O)C[C@H]2O)=C(O)N(C)C(=O)N1C. The Morgan fingerprint density at radius 2 is 1.85 bits per heavy atom. The average Bonchev–Trinajstić information content (AvgIpc) is 2.40. The van der Waals surface area contributed by atoms with Gasteiger partial charge in [0.15, 0.2) is 0 Å². The molecule has 2 rings (SSSR count). The number of aliphatic hydroxyl groups excluding tert-OH is 3. The minimum atomic E-state index is -0.981. The third-order valence-corrected chi connectivity index (χ3v) is 3.87. The van der Waals surface area contributed by atoms with Gasteiger partial charge >= 0.3 is 6.03 Å². The Bertz CT molecular complexity index is 475. The van der Waals surface area contributed by atoms with Gasteiger partial charge in [0.2, 0.25) is 5.88 Å². The molecule has 0 radical (unpaired) electrons. The van der Waals surface area contributed by atoms with Crippen LogP contribution in [-0.4, -0.2) is 69.7 Å². The van der Waals surface area contributed by atoms with E-state index in [-0.39, 0.29) is 23.6 Å². The number of amides is 2. The minimum Gasteiger partial charge on any atom is -0.494 e. The van der Waals surface area contributed by atoms with Gasteiger partial charge in [-0.2, -0.15) is 0 Å². The van der Waals surface area contributed by atoms with Crippen molar-refractivity contribution in [1.29, 1.82) is 0 Å². The zero-order chi connectivity index (χ0) is 15.2. The fourth-order valence-corrected chi connectivity index (χ4v) is 2.45. The molecule has 1 fully saturated rings. The first kappa shape index (κ1) is 14.8. The molecule has 2 aliphatic rings. The number of aliphatic hydroxyl groups is 3. The molecule has 0 bridgehead atoms. The second-order valence-electron chi connectivity index (χ2n) is 5.22. The molecular weight excluding hydrogens is 264 g/mol. The van der Waals surface area contributed by atoms with Crippen LogP contribution in [0.4, 0.5) is 4.79 Å². The summed E-state index contributed by atoms with van der Waals surface area (Å²) < 4.78 is 5.58. The Morgan fingerprint density at radius 3 is 2.45 bits per heavy atom. The van der Waals surface area contributed by atoms with E-state index < -0.39 is 30.4 Å². The predicted octanol–water partition coefficient (Wildman–Crippen LogP) is 0.166. The first-order chi connectivity index (χ1) is 9.25. The normalized spacial score (nSPS) is 35.9. The quantitative estimate of drug-likeness (QED) is 0.638. The van der Waals surface area contributed by atoms with Crippen LogP contribution in [0.5, 0.6) is 0 Å². The number of carbonyl (C=O) groups excluding carboxylic acids is 1. The molecule has 0 aromatic heterocycles. The molecule has 20 heavy (non-hydrogen) atoms. The van der Waals surface area contributed by atoms with Gasteiger partial charge in [-0.25, -0.2) is 4.79 Å². The van der Waals surface area contributed by atoms with Crippen molar-refractivity contribution in [2.75, 3.05) is 14.1 Å². The molecule has 7 heteroatoms. The number of nitrogens with zero attached hydrogens (tertiary/aromatic N) is 2. The Kier molecular flexibility index (Phi) is 3.77. The highest BCUT2D eigenvalue weighted by Gasteiger charge is 2.42. The molecule has 1 unspecified atom stereocenters. The van der Waals surface area contributed by atoms with Crippen molar-refractivity contribution in [2.45, 2.75) is 37.8 Å². The summed E-state index contributed by atoms with van der Waals surface area (Å²) in [5, 5.41) is 29.9. The maximum absolute atomic E-state index is 11.8. The number of likely N-dealkylation sites (N-methyl/N-ethyl adjacent to an activating group) is 1. The maximum atomic E-state index is 11.8. The summed E-state index contributed by atoms with van der Waals surface area (Å²) in [5.74, 6) is -0.286. The van der Waals surface area contributed by atoms with E-state index in [2.05, 4.69) is 6.58 Å². The molecule has 2 amide bonds. The largest absolute Gasteiger partial charge is 0.494 e. The van der Waals surface area contributed by atoms with Crippen molar-refractivity contribution in [3.8, 4) is 0 Å². The van der Waals surface area contributed by atoms with Gasteiger partial charge in [0, 0.05) is 26.2 Å². The molecule has 3 N–H and O–H groups in total. The summed E-state index contributed by atoms with van der Waals surface area (Å²) in [6.07, 6.45) is -2.93. The lowest BCUT2D eigenvalue weighted by atomic mass is 9.92. The number of carbonyl (C=O) groups is 1. The molecule has 2 aliphatic heterocycles. The fraction of sp³-hybridized carbons (Fsp3) is 0.615. The highest BCUT2D eigenvalue weighted by atomic mass is 16.5. The molecule has 0 spiro atoms. The van der Waals surface area contributed by atoms with Gasteiger partial charge in [-0.15, -0.1) is 0 Å². The molecule has 2 heterocycles. The van der Waals surface area contributed by atoms with Crippen molar-refractivity contribution >= 4 is 6.03 Å². The Labute approximate surface area is 117 Å². The summed E-state index contributed by atoms with van der Waals surface area (Å²) >= 11 is 0. The third-order valence-electron chi connectivity index (χ3n) is 3.87. The third kappa shape index (κ3) is 2.17. The highest BCUT2D eigenvalue weighted by molar-refractivity contribution is 5.80. The highest BCUT2D eigenvalue weighted by Crippen LogP contribution is 2.34.